The Bertz CT molecular complexity index is 299. The summed E-state index contributed by atoms with van der Waals surface area (Å²) < 4.78 is 0. The lowest BCUT2D eigenvalue weighted by Crippen LogP contribution is -2.43. The topological polar surface area (TPSA) is 16.1 Å². The Morgan fingerprint density at radius 3 is 2.85 bits per heavy atom. The lowest BCUT2D eigenvalue weighted by molar-refractivity contribution is 0.197. The molecule has 0 unspecified atom stereocenters. The second kappa shape index (κ2) is 3.21. The van der Waals surface area contributed by atoms with Gasteiger partial charge in [0.25, 0.3) is 0 Å². The summed E-state index contributed by atoms with van der Waals surface area (Å²) in [5.41, 5.74) is 2.37. The first-order chi connectivity index (χ1) is 6.27. The molecule has 2 heterocycles. The molecule has 1 aromatic rings. The predicted molar refractivity (Wildman–Crippen MR) is 53.4 cm³/mol. The monoisotopic (exact) mass is 174 g/mol. The minimum absolute atomic E-state index is 0.609. The fraction of sp³-hybridized carbons (Fsp3) is 0.364. The highest BCUT2D eigenvalue weighted by atomic mass is 15.2. The molecule has 1 aliphatic rings. The Balaban J connectivity index is 1.98. The van der Waals surface area contributed by atoms with E-state index < -0.39 is 0 Å². The van der Waals surface area contributed by atoms with Crippen molar-refractivity contribution in [3.8, 4) is 0 Å². The van der Waals surface area contributed by atoms with Gasteiger partial charge in [0.1, 0.15) is 0 Å². The van der Waals surface area contributed by atoms with Crippen LogP contribution in [0, 0.1) is 0 Å². The summed E-state index contributed by atoms with van der Waals surface area (Å²) >= 11 is 0. The van der Waals surface area contributed by atoms with E-state index in [1.807, 2.05) is 18.3 Å². The Hall–Kier alpha value is -1.31. The van der Waals surface area contributed by atoms with E-state index in [1.165, 1.54) is 5.69 Å². The molecule has 0 saturated carbocycles. The molecule has 2 heteroatoms. The molecule has 1 fully saturated rings. The van der Waals surface area contributed by atoms with Gasteiger partial charge in [0.2, 0.25) is 0 Å². The molecule has 2 rings (SSSR count). The smallest absolute Gasteiger partial charge is 0.0469 e. The van der Waals surface area contributed by atoms with Gasteiger partial charge in [0.15, 0.2) is 0 Å². The van der Waals surface area contributed by atoms with Crippen LogP contribution < -0.4 is 0 Å². The third-order valence-corrected chi connectivity index (χ3v) is 2.53. The molecule has 1 aromatic heterocycles. The molecule has 1 saturated heterocycles. The van der Waals surface area contributed by atoms with Gasteiger partial charge in [-0.05, 0) is 19.1 Å². The number of rotatable bonds is 2. The van der Waals surface area contributed by atoms with E-state index in [1.54, 1.807) is 0 Å². The summed E-state index contributed by atoms with van der Waals surface area (Å²) in [6.07, 6.45) is 1.86. The number of allylic oxidation sites excluding steroid dienone is 1. The number of hydrogen-bond donors (Lipinski definition) is 0. The molecular weight excluding hydrogens is 160 g/mol. The van der Waals surface area contributed by atoms with Crippen molar-refractivity contribution < 1.29 is 0 Å². The molecule has 0 N–H and O–H groups in total. The molecule has 1 aliphatic heterocycles. The van der Waals surface area contributed by atoms with Gasteiger partial charge in [-0.3, -0.25) is 4.98 Å². The van der Waals surface area contributed by atoms with E-state index in [4.69, 9.17) is 0 Å². The summed E-state index contributed by atoms with van der Waals surface area (Å²) in [6, 6.07) is 6.10. The SMILES string of the molecule is C=C(C)N1CC(c2ccccn2)C1. The summed E-state index contributed by atoms with van der Waals surface area (Å²) in [5, 5.41) is 0. The first kappa shape index (κ1) is 8.30. The number of hydrogen-bond acceptors (Lipinski definition) is 2. The quantitative estimate of drug-likeness (QED) is 0.682. The van der Waals surface area contributed by atoms with Crippen molar-refractivity contribution in [3.05, 3.63) is 42.4 Å². The summed E-state index contributed by atoms with van der Waals surface area (Å²) in [4.78, 5) is 6.62. The molecule has 2 nitrogen and oxygen atoms in total. The van der Waals surface area contributed by atoms with Gasteiger partial charge in [0.05, 0.1) is 0 Å². The van der Waals surface area contributed by atoms with Gasteiger partial charge >= 0.3 is 0 Å². The Labute approximate surface area is 78.9 Å². The highest BCUT2D eigenvalue weighted by Crippen LogP contribution is 2.27. The normalized spacial score (nSPS) is 16.8. The zero-order valence-electron chi connectivity index (χ0n) is 7.90. The molecular formula is C11H14N2. The fourth-order valence-corrected chi connectivity index (χ4v) is 1.59. The van der Waals surface area contributed by atoms with Crippen LogP contribution in [0.15, 0.2) is 36.7 Å². The molecule has 0 atom stereocenters. The fourth-order valence-electron chi connectivity index (χ4n) is 1.59. The van der Waals surface area contributed by atoms with Crippen LogP contribution in [0.25, 0.3) is 0 Å². The van der Waals surface area contributed by atoms with Crippen LogP contribution in [-0.2, 0) is 0 Å². The number of pyridine rings is 1. The number of aromatic nitrogens is 1. The first-order valence-corrected chi connectivity index (χ1v) is 4.59. The standard InChI is InChI=1S/C11H14N2/c1-9(2)13-7-10(8-13)11-5-3-4-6-12-11/h3-6,10H,1,7-8H2,2H3. The average Bonchev–Trinajstić information content (AvgIpc) is 2.02. The van der Waals surface area contributed by atoms with Crippen molar-refractivity contribution in [3.63, 3.8) is 0 Å². The van der Waals surface area contributed by atoms with E-state index in [9.17, 15) is 0 Å². The van der Waals surface area contributed by atoms with Crippen molar-refractivity contribution in [2.24, 2.45) is 0 Å². The van der Waals surface area contributed by atoms with Gasteiger partial charge in [-0.15, -0.1) is 0 Å². The number of nitrogens with zero attached hydrogens (tertiary/aromatic N) is 2. The van der Waals surface area contributed by atoms with Gasteiger partial charge in [0, 0.05) is 36.6 Å². The molecule has 13 heavy (non-hydrogen) atoms. The molecule has 0 amide bonds. The highest BCUT2D eigenvalue weighted by Gasteiger charge is 2.27. The predicted octanol–water partition coefficient (Wildman–Crippen LogP) is 2.01. The minimum atomic E-state index is 0.609. The maximum Gasteiger partial charge on any atom is 0.0469 e. The number of likely N-dealkylation sites (tertiary alicyclic amines) is 1. The first-order valence-electron chi connectivity index (χ1n) is 4.59. The van der Waals surface area contributed by atoms with Crippen molar-refractivity contribution >= 4 is 0 Å². The van der Waals surface area contributed by atoms with E-state index in [0.29, 0.717) is 5.92 Å². The Morgan fingerprint density at radius 2 is 2.31 bits per heavy atom. The van der Waals surface area contributed by atoms with Crippen LogP contribution in [0.4, 0.5) is 0 Å². The molecule has 0 spiro atoms. The summed E-state index contributed by atoms with van der Waals surface area (Å²) in [7, 11) is 0. The van der Waals surface area contributed by atoms with Gasteiger partial charge in [-0.2, -0.15) is 0 Å². The second-order valence-electron chi connectivity index (χ2n) is 3.59. The zero-order valence-corrected chi connectivity index (χ0v) is 7.90. The third kappa shape index (κ3) is 1.57. The summed E-state index contributed by atoms with van der Waals surface area (Å²) in [5.74, 6) is 0.609. The van der Waals surface area contributed by atoms with Crippen LogP contribution in [-0.4, -0.2) is 23.0 Å². The lowest BCUT2D eigenvalue weighted by atomic mass is 9.95. The van der Waals surface area contributed by atoms with E-state index in [2.05, 4.69) is 29.5 Å². The zero-order chi connectivity index (χ0) is 9.26. The van der Waals surface area contributed by atoms with Crippen molar-refractivity contribution in [1.29, 1.82) is 0 Å². The highest BCUT2D eigenvalue weighted by molar-refractivity contribution is 5.16. The maximum atomic E-state index is 4.34. The van der Waals surface area contributed by atoms with Crippen molar-refractivity contribution in [2.75, 3.05) is 13.1 Å². The molecule has 68 valence electrons. The average molecular weight is 174 g/mol. The molecule has 0 bridgehead atoms. The van der Waals surface area contributed by atoms with E-state index >= 15 is 0 Å². The van der Waals surface area contributed by atoms with Crippen LogP contribution in [0.5, 0.6) is 0 Å². The third-order valence-electron chi connectivity index (χ3n) is 2.53. The Kier molecular flexibility index (Phi) is 2.05. The summed E-state index contributed by atoms with van der Waals surface area (Å²) in [6.45, 7) is 8.11. The maximum absolute atomic E-state index is 4.34. The Morgan fingerprint density at radius 1 is 1.54 bits per heavy atom. The van der Waals surface area contributed by atoms with Gasteiger partial charge in [-0.1, -0.05) is 12.6 Å². The van der Waals surface area contributed by atoms with Gasteiger partial charge in [-0.25, -0.2) is 0 Å². The van der Waals surface area contributed by atoms with Crippen LogP contribution >= 0.6 is 0 Å². The van der Waals surface area contributed by atoms with E-state index in [-0.39, 0.29) is 0 Å². The van der Waals surface area contributed by atoms with Crippen LogP contribution in [0.3, 0.4) is 0 Å². The molecule has 0 aromatic carbocycles. The van der Waals surface area contributed by atoms with Crippen LogP contribution in [0.2, 0.25) is 0 Å². The van der Waals surface area contributed by atoms with Gasteiger partial charge < -0.3 is 4.90 Å². The molecule has 0 radical (unpaired) electrons. The largest absolute Gasteiger partial charge is 0.374 e. The minimum Gasteiger partial charge on any atom is -0.374 e. The van der Waals surface area contributed by atoms with Crippen molar-refractivity contribution in [1.82, 2.24) is 9.88 Å². The van der Waals surface area contributed by atoms with Crippen molar-refractivity contribution in [2.45, 2.75) is 12.8 Å². The van der Waals surface area contributed by atoms with E-state index in [0.717, 1.165) is 18.8 Å². The lowest BCUT2D eigenvalue weighted by Gasteiger charge is -2.40. The second-order valence-corrected chi connectivity index (χ2v) is 3.59. The van der Waals surface area contributed by atoms with Crippen LogP contribution in [0.1, 0.15) is 18.5 Å². The molecule has 0 aliphatic carbocycles.